The lowest BCUT2D eigenvalue weighted by Crippen LogP contribution is -2.57. The molecular weight excluding hydrogens is 380 g/mol. The van der Waals surface area contributed by atoms with Crippen LogP contribution in [0.2, 0.25) is 0 Å². The average molecular weight is 402 g/mol. The third-order valence-electron chi connectivity index (χ3n) is 3.78. The molecule has 1 aliphatic heterocycles. The van der Waals surface area contributed by atoms with E-state index in [0.29, 0.717) is 0 Å². The molecule has 1 aliphatic rings. The minimum absolute atomic E-state index is 0.0624. The van der Waals surface area contributed by atoms with Crippen LogP contribution in [0.1, 0.15) is 19.4 Å². The summed E-state index contributed by atoms with van der Waals surface area (Å²) in [6, 6.07) is 6.05. The second-order valence-corrected chi connectivity index (χ2v) is 7.56. The minimum atomic E-state index is -4.17. The summed E-state index contributed by atoms with van der Waals surface area (Å²) in [4.78, 5) is 22.9. The van der Waals surface area contributed by atoms with E-state index in [1.54, 1.807) is 12.1 Å². The van der Waals surface area contributed by atoms with Crippen LogP contribution in [0.25, 0.3) is 0 Å². The fraction of sp³-hybridized carbons (Fsp3) is 0.529. The van der Waals surface area contributed by atoms with Crippen molar-refractivity contribution in [3.05, 3.63) is 29.8 Å². The van der Waals surface area contributed by atoms with Gasteiger partial charge in [-0.15, -0.1) is 0 Å². The van der Waals surface area contributed by atoms with Gasteiger partial charge >= 0.3 is 11.9 Å². The van der Waals surface area contributed by atoms with Gasteiger partial charge in [0.05, 0.1) is 11.5 Å². The van der Waals surface area contributed by atoms with Crippen molar-refractivity contribution in [3.8, 4) is 0 Å². The van der Waals surface area contributed by atoms with Crippen molar-refractivity contribution in [1.82, 2.24) is 0 Å². The predicted octanol–water partition coefficient (Wildman–Crippen LogP) is 0.935. The fourth-order valence-corrected chi connectivity index (χ4v) is 3.67. The largest absolute Gasteiger partial charge is 0.455 e. The summed E-state index contributed by atoms with van der Waals surface area (Å²) < 4.78 is 51.2. The lowest BCUT2D eigenvalue weighted by Gasteiger charge is -2.39. The van der Waals surface area contributed by atoms with Gasteiger partial charge in [0.1, 0.15) is 6.10 Å². The first-order valence-electron chi connectivity index (χ1n) is 8.13. The molecule has 1 heterocycles. The van der Waals surface area contributed by atoms with E-state index in [2.05, 4.69) is 0 Å². The summed E-state index contributed by atoms with van der Waals surface area (Å²) in [7, 11) is -2.86. The molecule has 1 fully saturated rings. The molecule has 0 spiro atoms. The molecule has 1 saturated heterocycles. The van der Waals surface area contributed by atoms with Gasteiger partial charge in [0.15, 0.2) is 18.5 Å². The Hall–Kier alpha value is -2.01. The number of esters is 2. The summed E-state index contributed by atoms with van der Waals surface area (Å²) >= 11 is 0. The molecule has 1 aromatic rings. The maximum atomic E-state index is 12.6. The second-order valence-electron chi connectivity index (χ2n) is 5.99. The molecule has 0 amide bonds. The topological polar surface area (TPSA) is 114 Å². The van der Waals surface area contributed by atoms with Gasteiger partial charge in [-0.1, -0.05) is 17.7 Å². The third-order valence-corrected chi connectivity index (χ3v) is 5.13. The number of ether oxygens (including phenoxy) is 4. The van der Waals surface area contributed by atoms with Crippen LogP contribution in [0.5, 0.6) is 0 Å². The van der Waals surface area contributed by atoms with Gasteiger partial charge in [-0.3, -0.25) is 13.8 Å². The fourth-order valence-electron chi connectivity index (χ4n) is 2.60. The van der Waals surface area contributed by atoms with Crippen molar-refractivity contribution in [2.45, 2.75) is 50.3 Å². The number of hydrogen-bond acceptors (Lipinski definition) is 9. The third kappa shape index (κ3) is 5.48. The first-order chi connectivity index (χ1) is 12.6. The van der Waals surface area contributed by atoms with Crippen LogP contribution in [0, 0.1) is 6.92 Å². The van der Waals surface area contributed by atoms with E-state index in [1.807, 2.05) is 6.92 Å². The van der Waals surface area contributed by atoms with Gasteiger partial charge in [0.2, 0.25) is 0 Å². The van der Waals surface area contributed by atoms with Gasteiger partial charge in [-0.2, -0.15) is 8.42 Å². The SMILES string of the molecule is COC1OCC(OS(=O)(=O)c2ccc(C)cc2)C(OC(C)=O)C1OC(C)=O. The molecule has 10 heteroatoms. The van der Waals surface area contributed by atoms with Gasteiger partial charge < -0.3 is 18.9 Å². The Morgan fingerprint density at radius 3 is 2.11 bits per heavy atom. The number of carbonyl (C=O) groups excluding carboxylic acids is 2. The van der Waals surface area contributed by atoms with Crippen LogP contribution >= 0.6 is 0 Å². The highest BCUT2D eigenvalue weighted by Gasteiger charge is 2.47. The van der Waals surface area contributed by atoms with Gasteiger partial charge in [-0.05, 0) is 19.1 Å². The number of rotatable bonds is 6. The lowest BCUT2D eigenvalue weighted by atomic mass is 10.0. The molecule has 0 aromatic heterocycles. The molecule has 27 heavy (non-hydrogen) atoms. The highest BCUT2D eigenvalue weighted by atomic mass is 32.2. The Morgan fingerprint density at radius 1 is 1.04 bits per heavy atom. The Balaban J connectivity index is 2.30. The highest BCUT2D eigenvalue weighted by molar-refractivity contribution is 7.86. The Labute approximate surface area is 157 Å². The molecule has 9 nitrogen and oxygen atoms in total. The highest BCUT2D eigenvalue weighted by Crippen LogP contribution is 2.27. The van der Waals surface area contributed by atoms with Gasteiger partial charge in [0.25, 0.3) is 10.1 Å². The molecule has 0 bridgehead atoms. The van der Waals surface area contributed by atoms with Crippen LogP contribution in [0.15, 0.2) is 29.2 Å². The van der Waals surface area contributed by atoms with Crippen LogP contribution in [0.4, 0.5) is 0 Å². The van der Waals surface area contributed by atoms with Crippen molar-refractivity contribution in [2.75, 3.05) is 13.7 Å². The molecule has 4 atom stereocenters. The molecule has 0 N–H and O–H groups in total. The number of methoxy groups -OCH3 is 1. The van der Waals surface area contributed by atoms with E-state index < -0.39 is 46.7 Å². The zero-order valence-corrected chi connectivity index (χ0v) is 16.2. The van der Waals surface area contributed by atoms with E-state index in [4.69, 9.17) is 23.1 Å². The van der Waals surface area contributed by atoms with Crippen molar-refractivity contribution in [1.29, 1.82) is 0 Å². The monoisotopic (exact) mass is 402 g/mol. The Morgan fingerprint density at radius 2 is 1.59 bits per heavy atom. The molecular formula is C17H22O9S. The van der Waals surface area contributed by atoms with E-state index in [1.165, 1.54) is 19.2 Å². The summed E-state index contributed by atoms with van der Waals surface area (Å²) in [6.45, 7) is 3.87. The van der Waals surface area contributed by atoms with E-state index in [9.17, 15) is 18.0 Å². The van der Waals surface area contributed by atoms with E-state index >= 15 is 0 Å². The van der Waals surface area contributed by atoms with Crippen LogP contribution in [-0.2, 0) is 42.8 Å². The molecule has 0 radical (unpaired) electrons. The van der Waals surface area contributed by atoms with Gasteiger partial charge in [-0.25, -0.2) is 0 Å². The van der Waals surface area contributed by atoms with Crippen molar-refractivity contribution in [3.63, 3.8) is 0 Å². The number of benzene rings is 1. The van der Waals surface area contributed by atoms with Crippen LogP contribution < -0.4 is 0 Å². The first-order valence-corrected chi connectivity index (χ1v) is 9.53. The summed E-state index contributed by atoms with van der Waals surface area (Å²) in [5, 5.41) is 0. The van der Waals surface area contributed by atoms with E-state index in [0.717, 1.165) is 19.4 Å². The normalized spacial score (nSPS) is 25.6. The first kappa shape index (κ1) is 21.3. The van der Waals surface area contributed by atoms with Crippen molar-refractivity contribution in [2.24, 2.45) is 0 Å². The molecule has 1 aromatic carbocycles. The standard InChI is InChI=1S/C17H22O9S/c1-10-5-7-13(8-6-10)27(20,21)26-14-9-23-17(22-4)16(25-12(3)19)15(14)24-11(2)18/h5-8,14-17H,9H2,1-4H3. The average Bonchev–Trinajstić information content (AvgIpc) is 2.57. The smallest absolute Gasteiger partial charge is 0.303 e. The molecule has 2 rings (SSSR count). The van der Waals surface area contributed by atoms with Crippen molar-refractivity contribution >= 4 is 22.1 Å². The van der Waals surface area contributed by atoms with Crippen LogP contribution in [-0.4, -0.2) is 58.7 Å². The zero-order chi connectivity index (χ0) is 20.2. The Bertz CT molecular complexity index is 772. The quantitative estimate of drug-likeness (QED) is 0.506. The van der Waals surface area contributed by atoms with E-state index in [-0.39, 0.29) is 11.5 Å². The number of carbonyl (C=O) groups is 2. The maximum Gasteiger partial charge on any atom is 0.303 e. The molecule has 0 aliphatic carbocycles. The van der Waals surface area contributed by atoms with Crippen molar-refractivity contribution < 1.29 is 41.1 Å². The number of aryl methyl sites for hydroxylation is 1. The summed E-state index contributed by atoms with van der Waals surface area (Å²) in [5.41, 5.74) is 0.880. The van der Waals surface area contributed by atoms with Gasteiger partial charge in [0, 0.05) is 21.0 Å². The molecule has 150 valence electrons. The van der Waals surface area contributed by atoms with Crippen LogP contribution in [0.3, 0.4) is 0 Å². The molecule has 4 unspecified atom stereocenters. The zero-order valence-electron chi connectivity index (χ0n) is 15.4. The molecule has 0 saturated carbocycles. The second kappa shape index (κ2) is 8.79. The summed E-state index contributed by atoms with van der Waals surface area (Å²) in [5.74, 6) is -1.37. The summed E-state index contributed by atoms with van der Waals surface area (Å²) in [6.07, 6.45) is -4.69. The lowest BCUT2D eigenvalue weighted by molar-refractivity contribution is -0.267. The maximum absolute atomic E-state index is 12.6. The predicted molar refractivity (Wildman–Crippen MR) is 91.1 cm³/mol. The number of hydrogen-bond donors (Lipinski definition) is 0. The minimum Gasteiger partial charge on any atom is -0.455 e. The Kier molecular flexibility index (Phi) is 6.93.